The number of esters is 1. The van der Waals surface area contributed by atoms with Crippen LogP contribution in [-0.2, 0) is 4.74 Å². The van der Waals surface area contributed by atoms with Crippen molar-refractivity contribution in [3.8, 4) is 5.75 Å². The minimum Gasteiger partial charge on any atom is -0.501 e. The molecule has 9 heteroatoms. The van der Waals surface area contributed by atoms with Crippen LogP contribution in [0, 0.1) is 6.92 Å². The molecule has 0 amide bonds. The van der Waals surface area contributed by atoms with Gasteiger partial charge in [-0.25, -0.2) is 19.7 Å². The van der Waals surface area contributed by atoms with Gasteiger partial charge in [-0.3, -0.25) is 4.79 Å². The molecule has 2 unspecified atom stereocenters. The number of halogens is 1. The molecule has 3 aromatic rings. The summed E-state index contributed by atoms with van der Waals surface area (Å²) in [5.41, 5.74) is 0.257. The van der Waals surface area contributed by atoms with Gasteiger partial charge in [0.1, 0.15) is 11.6 Å². The molecule has 150 valence electrons. The first kappa shape index (κ1) is 20.5. The van der Waals surface area contributed by atoms with E-state index in [2.05, 4.69) is 24.7 Å². The van der Waals surface area contributed by atoms with E-state index in [1.807, 2.05) is 25.1 Å². The molecule has 2 heterocycles. The number of carbonyl (C=O) groups is 1. The summed E-state index contributed by atoms with van der Waals surface area (Å²) in [6.45, 7) is 3.60. The van der Waals surface area contributed by atoms with E-state index in [-0.39, 0.29) is 11.7 Å². The maximum Gasteiger partial charge on any atom is 0.360 e. The summed E-state index contributed by atoms with van der Waals surface area (Å²) in [6, 6.07) is 7.29. The van der Waals surface area contributed by atoms with Gasteiger partial charge in [0.15, 0.2) is 5.69 Å². The quantitative estimate of drug-likeness (QED) is 0.616. The molecule has 2 N–H and O–H groups in total. The lowest BCUT2D eigenvalue weighted by Gasteiger charge is -2.25. The SMILES string of the molecule is COC(=O)c1nc(C(C)C(c2cnc(C)nc2)c2ccccc2Cl)[nH]c(=O)c1O. The van der Waals surface area contributed by atoms with Gasteiger partial charge >= 0.3 is 5.97 Å². The maximum absolute atomic E-state index is 12.2. The van der Waals surface area contributed by atoms with Crippen molar-refractivity contribution in [3.63, 3.8) is 0 Å². The molecule has 0 aliphatic rings. The largest absolute Gasteiger partial charge is 0.501 e. The minimum absolute atomic E-state index is 0.193. The van der Waals surface area contributed by atoms with Gasteiger partial charge in [0.25, 0.3) is 5.56 Å². The van der Waals surface area contributed by atoms with E-state index in [1.54, 1.807) is 25.4 Å². The van der Waals surface area contributed by atoms with Crippen LogP contribution in [0.5, 0.6) is 5.75 Å². The summed E-state index contributed by atoms with van der Waals surface area (Å²) in [5.74, 6) is -1.71. The standard InChI is InChI=1S/C20H19ClN4O4/c1-10(18-24-16(20(28)29-3)17(26)19(27)25-18)15(12-8-22-11(2)23-9-12)13-6-4-5-7-14(13)21/h4-10,15,26H,1-3H3,(H,24,25,27). The van der Waals surface area contributed by atoms with Crippen molar-refractivity contribution in [1.29, 1.82) is 0 Å². The van der Waals surface area contributed by atoms with E-state index in [4.69, 9.17) is 11.6 Å². The summed E-state index contributed by atoms with van der Waals surface area (Å²) in [4.78, 5) is 39.3. The van der Waals surface area contributed by atoms with Crippen molar-refractivity contribution < 1.29 is 14.6 Å². The summed E-state index contributed by atoms with van der Waals surface area (Å²) < 4.78 is 4.61. The van der Waals surface area contributed by atoms with Crippen molar-refractivity contribution in [1.82, 2.24) is 19.9 Å². The molecule has 0 aliphatic heterocycles. The zero-order chi connectivity index (χ0) is 21.1. The second-order valence-corrected chi connectivity index (χ2v) is 6.90. The molecule has 0 bridgehead atoms. The number of nitrogens with zero attached hydrogens (tertiary/aromatic N) is 3. The van der Waals surface area contributed by atoms with E-state index in [0.29, 0.717) is 10.8 Å². The van der Waals surface area contributed by atoms with Crippen molar-refractivity contribution in [3.05, 3.63) is 80.5 Å². The number of hydrogen-bond donors (Lipinski definition) is 2. The lowest BCUT2D eigenvalue weighted by Crippen LogP contribution is -2.22. The Bertz CT molecular complexity index is 1100. The Morgan fingerprint density at radius 1 is 1.24 bits per heavy atom. The van der Waals surface area contributed by atoms with Crippen LogP contribution in [0.15, 0.2) is 41.5 Å². The van der Waals surface area contributed by atoms with Gasteiger partial charge in [-0.2, -0.15) is 0 Å². The van der Waals surface area contributed by atoms with Gasteiger partial charge in [-0.05, 0) is 24.1 Å². The molecule has 0 saturated carbocycles. The van der Waals surface area contributed by atoms with Gasteiger partial charge in [0.05, 0.1) is 7.11 Å². The van der Waals surface area contributed by atoms with Crippen LogP contribution >= 0.6 is 11.6 Å². The van der Waals surface area contributed by atoms with Crippen LogP contribution < -0.4 is 5.56 Å². The van der Waals surface area contributed by atoms with Crippen molar-refractivity contribution in [2.45, 2.75) is 25.7 Å². The second-order valence-electron chi connectivity index (χ2n) is 6.49. The van der Waals surface area contributed by atoms with E-state index in [0.717, 1.165) is 18.2 Å². The number of aromatic amines is 1. The number of rotatable bonds is 5. The zero-order valence-electron chi connectivity index (χ0n) is 16.0. The number of methoxy groups -OCH3 is 1. The summed E-state index contributed by atoms with van der Waals surface area (Å²) in [6.07, 6.45) is 3.37. The molecular formula is C20H19ClN4O4. The van der Waals surface area contributed by atoms with Crippen LogP contribution in [0.2, 0.25) is 5.02 Å². The van der Waals surface area contributed by atoms with Crippen LogP contribution in [0.1, 0.15) is 52.0 Å². The maximum atomic E-state index is 12.2. The number of hydrogen-bond acceptors (Lipinski definition) is 7. The highest BCUT2D eigenvalue weighted by molar-refractivity contribution is 6.31. The van der Waals surface area contributed by atoms with Gasteiger partial charge in [0, 0.05) is 29.3 Å². The van der Waals surface area contributed by atoms with Crippen LogP contribution in [0.3, 0.4) is 0 Å². The average Bonchev–Trinajstić information content (AvgIpc) is 2.72. The van der Waals surface area contributed by atoms with Crippen LogP contribution in [0.4, 0.5) is 0 Å². The molecule has 0 fully saturated rings. The number of aryl methyl sites for hydroxylation is 1. The van der Waals surface area contributed by atoms with Crippen molar-refractivity contribution in [2.24, 2.45) is 0 Å². The predicted molar refractivity (Wildman–Crippen MR) is 106 cm³/mol. The highest BCUT2D eigenvalue weighted by Gasteiger charge is 2.29. The van der Waals surface area contributed by atoms with E-state index < -0.39 is 28.9 Å². The first-order valence-corrected chi connectivity index (χ1v) is 9.15. The first-order valence-electron chi connectivity index (χ1n) is 8.78. The Labute approximate surface area is 171 Å². The second kappa shape index (κ2) is 8.40. The van der Waals surface area contributed by atoms with Gasteiger partial charge in [-0.15, -0.1) is 0 Å². The Balaban J connectivity index is 2.18. The minimum atomic E-state index is -0.907. The van der Waals surface area contributed by atoms with Gasteiger partial charge in [0.2, 0.25) is 5.75 Å². The molecule has 2 aromatic heterocycles. The number of aromatic hydroxyl groups is 1. The van der Waals surface area contributed by atoms with Crippen LogP contribution in [-0.4, -0.2) is 38.1 Å². The highest BCUT2D eigenvalue weighted by atomic mass is 35.5. The van der Waals surface area contributed by atoms with Gasteiger partial charge in [-0.1, -0.05) is 36.7 Å². The summed E-state index contributed by atoms with van der Waals surface area (Å²) in [5, 5.41) is 10.4. The molecule has 3 rings (SSSR count). The number of H-pyrrole nitrogens is 1. The Hall–Kier alpha value is -3.26. The molecule has 8 nitrogen and oxygen atoms in total. The van der Waals surface area contributed by atoms with E-state index in [1.165, 1.54) is 0 Å². The summed E-state index contributed by atoms with van der Waals surface area (Å²) in [7, 11) is 1.14. The number of carbonyl (C=O) groups excluding carboxylic acids is 1. The third-order valence-electron chi connectivity index (χ3n) is 4.62. The van der Waals surface area contributed by atoms with Gasteiger partial charge < -0.3 is 14.8 Å². The number of nitrogens with one attached hydrogen (secondary N) is 1. The topological polar surface area (TPSA) is 118 Å². The average molecular weight is 415 g/mol. The summed E-state index contributed by atoms with van der Waals surface area (Å²) >= 11 is 6.45. The smallest absolute Gasteiger partial charge is 0.360 e. The molecule has 0 radical (unpaired) electrons. The first-order chi connectivity index (χ1) is 13.8. The molecule has 2 atom stereocenters. The van der Waals surface area contributed by atoms with Crippen molar-refractivity contribution >= 4 is 17.6 Å². The van der Waals surface area contributed by atoms with E-state index in [9.17, 15) is 14.7 Å². The fraction of sp³-hybridized carbons (Fsp3) is 0.250. The number of aromatic nitrogens is 4. The van der Waals surface area contributed by atoms with Crippen molar-refractivity contribution in [2.75, 3.05) is 7.11 Å². The fourth-order valence-corrected chi connectivity index (χ4v) is 3.38. The molecule has 0 spiro atoms. The predicted octanol–water partition coefficient (Wildman–Crippen LogP) is 2.95. The monoisotopic (exact) mass is 414 g/mol. The normalized spacial score (nSPS) is 13.0. The lowest BCUT2D eigenvalue weighted by atomic mass is 9.82. The molecular weight excluding hydrogens is 396 g/mol. The third kappa shape index (κ3) is 4.12. The van der Waals surface area contributed by atoms with Crippen LogP contribution in [0.25, 0.3) is 0 Å². The number of benzene rings is 1. The van der Waals surface area contributed by atoms with E-state index >= 15 is 0 Å². The Kier molecular flexibility index (Phi) is 5.93. The molecule has 29 heavy (non-hydrogen) atoms. The molecule has 1 aromatic carbocycles. The zero-order valence-corrected chi connectivity index (χ0v) is 16.8. The lowest BCUT2D eigenvalue weighted by molar-refractivity contribution is 0.0589. The highest BCUT2D eigenvalue weighted by Crippen LogP contribution is 2.39. The Morgan fingerprint density at radius 3 is 2.52 bits per heavy atom. The Morgan fingerprint density at radius 2 is 1.90 bits per heavy atom. The molecule has 0 saturated heterocycles. The molecule has 0 aliphatic carbocycles. The third-order valence-corrected chi connectivity index (χ3v) is 4.97. The number of ether oxygens (including phenoxy) is 1. The fourth-order valence-electron chi connectivity index (χ4n) is 3.12.